The van der Waals surface area contributed by atoms with Crippen LogP contribution in [-0.4, -0.2) is 31.7 Å². The molecule has 0 bridgehead atoms. The average Bonchev–Trinajstić information content (AvgIpc) is 1.98. The Hall–Kier alpha value is -1.39. The van der Waals surface area contributed by atoms with E-state index in [1.165, 1.54) is 7.05 Å². The lowest BCUT2D eigenvalue weighted by Gasteiger charge is -1.95. The first-order chi connectivity index (χ1) is 4.72. The van der Waals surface area contributed by atoms with Gasteiger partial charge in [0.25, 0.3) is 5.91 Å². The summed E-state index contributed by atoms with van der Waals surface area (Å²) in [6, 6.07) is 0. The molecule has 0 atom stereocenters. The Morgan fingerprint density at radius 1 is 1.50 bits per heavy atom. The van der Waals surface area contributed by atoms with Gasteiger partial charge in [-0.1, -0.05) is 0 Å². The van der Waals surface area contributed by atoms with Gasteiger partial charge < -0.3 is 10.6 Å². The van der Waals surface area contributed by atoms with Crippen LogP contribution >= 0.6 is 0 Å². The lowest BCUT2D eigenvalue weighted by Crippen LogP contribution is -2.34. The van der Waals surface area contributed by atoms with Gasteiger partial charge in [0.1, 0.15) is 0 Å². The Kier molecular flexibility index (Phi) is 3.86. The van der Waals surface area contributed by atoms with Crippen molar-refractivity contribution >= 4 is 18.1 Å². The summed E-state index contributed by atoms with van der Waals surface area (Å²) in [6.07, 6.45) is 0.362. The fourth-order valence-corrected chi connectivity index (χ4v) is 0.354. The van der Waals surface area contributed by atoms with Crippen molar-refractivity contribution in [1.29, 1.82) is 0 Å². The van der Waals surface area contributed by atoms with Crippen LogP contribution in [0.3, 0.4) is 0 Å². The van der Waals surface area contributed by atoms with E-state index in [-0.39, 0.29) is 6.54 Å². The van der Waals surface area contributed by atoms with E-state index in [0.717, 1.165) is 0 Å². The predicted molar refractivity (Wildman–Crippen MR) is 33.1 cm³/mol. The van der Waals surface area contributed by atoms with Gasteiger partial charge >= 0.3 is 0 Å². The number of amides is 2. The summed E-state index contributed by atoms with van der Waals surface area (Å²) in [5.41, 5.74) is 0. The van der Waals surface area contributed by atoms with Crippen molar-refractivity contribution in [3.63, 3.8) is 0 Å². The molecule has 5 nitrogen and oxygen atoms in total. The zero-order chi connectivity index (χ0) is 7.98. The molecule has 0 aliphatic rings. The second-order valence-corrected chi connectivity index (χ2v) is 1.50. The van der Waals surface area contributed by atoms with Crippen LogP contribution in [0.15, 0.2) is 0 Å². The summed E-state index contributed by atoms with van der Waals surface area (Å²) in [5, 5.41) is 4.20. The molecule has 0 fully saturated rings. The zero-order valence-electron chi connectivity index (χ0n) is 5.51. The van der Waals surface area contributed by atoms with Crippen molar-refractivity contribution in [3.8, 4) is 0 Å². The highest BCUT2D eigenvalue weighted by atomic mass is 16.2. The normalized spacial score (nSPS) is 8.10. The quantitative estimate of drug-likeness (QED) is 0.355. The van der Waals surface area contributed by atoms with Crippen LogP contribution in [0.2, 0.25) is 0 Å². The summed E-state index contributed by atoms with van der Waals surface area (Å²) in [7, 11) is 1.35. The van der Waals surface area contributed by atoms with Gasteiger partial charge in [0.05, 0.1) is 6.54 Å². The van der Waals surface area contributed by atoms with E-state index in [2.05, 4.69) is 10.6 Å². The molecule has 0 saturated heterocycles. The van der Waals surface area contributed by atoms with Crippen LogP contribution in [0, 0.1) is 0 Å². The maximum atomic E-state index is 10.5. The van der Waals surface area contributed by atoms with E-state index in [1.54, 1.807) is 0 Å². The molecule has 0 aromatic rings. The van der Waals surface area contributed by atoms with Gasteiger partial charge in [-0.15, -0.1) is 0 Å². The molecule has 5 heteroatoms. The standard InChI is InChI=1S/C5H8N2O3/c1-6-5(10)4(9)2-7-3-8/h3H,2H2,1H3,(H,6,10)(H,7,8). The summed E-state index contributed by atoms with van der Waals surface area (Å²) >= 11 is 0. The van der Waals surface area contributed by atoms with Gasteiger partial charge in [-0.2, -0.15) is 0 Å². The molecular formula is C5H8N2O3. The molecular weight excluding hydrogens is 136 g/mol. The van der Waals surface area contributed by atoms with E-state index < -0.39 is 11.7 Å². The van der Waals surface area contributed by atoms with Crippen molar-refractivity contribution < 1.29 is 14.4 Å². The number of nitrogens with one attached hydrogen (secondary N) is 2. The fraction of sp³-hybridized carbons (Fsp3) is 0.400. The maximum absolute atomic E-state index is 10.5. The summed E-state index contributed by atoms with van der Waals surface area (Å²) in [6.45, 7) is -0.247. The number of likely N-dealkylation sites (N-methyl/N-ethyl adjacent to an activating group) is 1. The Labute approximate surface area is 57.8 Å². The summed E-state index contributed by atoms with van der Waals surface area (Å²) < 4.78 is 0. The molecule has 0 radical (unpaired) electrons. The molecule has 0 heterocycles. The Bertz CT molecular complexity index is 155. The summed E-state index contributed by atoms with van der Waals surface area (Å²) in [5.74, 6) is -1.36. The highest BCUT2D eigenvalue weighted by Gasteiger charge is 2.08. The molecule has 0 aromatic heterocycles. The minimum absolute atomic E-state index is 0.247. The number of Topliss-reactive ketones (excluding diaryl/α,β-unsaturated/α-hetero) is 1. The number of carbonyl (C=O) groups is 3. The van der Waals surface area contributed by atoms with E-state index >= 15 is 0 Å². The molecule has 0 aromatic carbocycles. The van der Waals surface area contributed by atoms with Crippen LogP contribution in [-0.2, 0) is 14.4 Å². The first-order valence-corrected chi connectivity index (χ1v) is 2.64. The van der Waals surface area contributed by atoms with Gasteiger partial charge in [0, 0.05) is 7.05 Å². The minimum Gasteiger partial charge on any atom is -0.353 e. The van der Waals surface area contributed by atoms with E-state index in [0.29, 0.717) is 6.41 Å². The van der Waals surface area contributed by atoms with Crippen LogP contribution < -0.4 is 10.6 Å². The van der Waals surface area contributed by atoms with Gasteiger partial charge in [-0.05, 0) is 0 Å². The van der Waals surface area contributed by atoms with Crippen molar-refractivity contribution in [3.05, 3.63) is 0 Å². The second kappa shape index (κ2) is 4.49. The number of hydrogen-bond acceptors (Lipinski definition) is 3. The monoisotopic (exact) mass is 144 g/mol. The zero-order valence-corrected chi connectivity index (χ0v) is 5.51. The molecule has 0 rings (SSSR count). The van der Waals surface area contributed by atoms with Crippen molar-refractivity contribution in [2.45, 2.75) is 0 Å². The first-order valence-electron chi connectivity index (χ1n) is 2.64. The topological polar surface area (TPSA) is 75.3 Å². The van der Waals surface area contributed by atoms with E-state index in [4.69, 9.17) is 0 Å². The third-order valence-electron chi connectivity index (χ3n) is 0.826. The lowest BCUT2D eigenvalue weighted by molar-refractivity contribution is -0.137. The molecule has 0 spiro atoms. The van der Waals surface area contributed by atoms with E-state index in [1.807, 2.05) is 0 Å². The molecule has 0 aliphatic carbocycles. The van der Waals surface area contributed by atoms with Crippen LogP contribution in [0.4, 0.5) is 0 Å². The van der Waals surface area contributed by atoms with Crippen LogP contribution in [0.5, 0.6) is 0 Å². The second-order valence-electron chi connectivity index (χ2n) is 1.50. The molecule has 10 heavy (non-hydrogen) atoms. The third kappa shape index (κ3) is 2.81. The highest BCUT2D eigenvalue weighted by Crippen LogP contribution is 1.67. The molecule has 0 saturated carbocycles. The summed E-state index contributed by atoms with van der Waals surface area (Å²) in [4.78, 5) is 30.5. The number of hydrogen-bond donors (Lipinski definition) is 2. The smallest absolute Gasteiger partial charge is 0.289 e. The van der Waals surface area contributed by atoms with Crippen molar-refractivity contribution in [1.82, 2.24) is 10.6 Å². The van der Waals surface area contributed by atoms with Crippen LogP contribution in [0.1, 0.15) is 0 Å². The van der Waals surface area contributed by atoms with Crippen molar-refractivity contribution in [2.24, 2.45) is 0 Å². The molecule has 0 unspecified atom stereocenters. The largest absolute Gasteiger partial charge is 0.353 e. The molecule has 2 N–H and O–H groups in total. The fourth-order valence-electron chi connectivity index (χ4n) is 0.354. The molecule has 0 aliphatic heterocycles. The maximum Gasteiger partial charge on any atom is 0.289 e. The van der Waals surface area contributed by atoms with Gasteiger partial charge in [0.15, 0.2) is 0 Å². The van der Waals surface area contributed by atoms with Crippen LogP contribution in [0.25, 0.3) is 0 Å². The Balaban J connectivity index is 3.62. The SMILES string of the molecule is CNC(=O)C(=O)CNC=O. The van der Waals surface area contributed by atoms with Crippen molar-refractivity contribution in [2.75, 3.05) is 13.6 Å². The van der Waals surface area contributed by atoms with Gasteiger partial charge in [-0.25, -0.2) is 0 Å². The third-order valence-corrected chi connectivity index (χ3v) is 0.826. The minimum atomic E-state index is -0.700. The molecule has 56 valence electrons. The predicted octanol–water partition coefficient (Wildman–Crippen LogP) is -1.95. The van der Waals surface area contributed by atoms with Gasteiger partial charge in [0.2, 0.25) is 12.2 Å². The number of carbonyl (C=O) groups excluding carboxylic acids is 3. The average molecular weight is 144 g/mol. The number of rotatable bonds is 4. The van der Waals surface area contributed by atoms with E-state index in [9.17, 15) is 14.4 Å². The highest BCUT2D eigenvalue weighted by molar-refractivity contribution is 6.37. The molecule has 2 amide bonds. The Morgan fingerprint density at radius 3 is 2.50 bits per heavy atom. The lowest BCUT2D eigenvalue weighted by atomic mass is 10.4. The Morgan fingerprint density at radius 2 is 2.10 bits per heavy atom. The van der Waals surface area contributed by atoms with Gasteiger partial charge in [-0.3, -0.25) is 14.4 Å². The first kappa shape index (κ1) is 8.61. The number of ketones is 1.